The molecule has 0 N–H and O–H groups in total. The molecule has 2 fully saturated rings. The minimum Gasteiger partial charge on any atom is -0.494 e. The molecule has 0 spiro atoms. The molecule has 1 saturated heterocycles. The van der Waals surface area contributed by atoms with E-state index in [0.29, 0.717) is 24.4 Å². The minimum absolute atomic E-state index is 0.0667. The van der Waals surface area contributed by atoms with E-state index in [4.69, 9.17) is 27.9 Å². The Bertz CT molecular complexity index is 828. The number of rotatable bonds is 5. The smallest absolute Gasteiger partial charge is 0.282 e. The monoisotopic (exact) mass is 463 g/mol. The van der Waals surface area contributed by atoms with Crippen molar-refractivity contribution in [2.24, 2.45) is 0 Å². The maximum atomic E-state index is 13.0. The number of ether oxygens (including phenoxy) is 1. The van der Waals surface area contributed by atoms with Crippen LogP contribution in [-0.4, -0.2) is 74.2 Å². The van der Waals surface area contributed by atoms with Crippen molar-refractivity contribution in [2.75, 3.05) is 40.3 Å². The van der Waals surface area contributed by atoms with E-state index in [-0.39, 0.29) is 35.1 Å². The molecule has 3 rings (SSSR count). The van der Waals surface area contributed by atoms with Crippen LogP contribution >= 0.6 is 23.2 Å². The summed E-state index contributed by atoms with van der Waals surface area (Å²) in [5.74, 6) is 0.0979. The molecule has 10 heteroatoms. The summed E-state index contributed by atoms with van der Waals surface area (Å²) in [5, 5.41) is 0.525. The molecule has 29 heavy (non-hydrogen) atoms. The maximum Gasteiger partial charge on any atom is 0.282 e. The van der Waals surface area contributed by atoms with Crippen LogP contribution in [0.25, 0.3) is 0 Å². The largest absolute Gasteiger partial charge is 0.494 e. The number of nitrogens with zero attached hydrogens (tertiary/aromatic N) is 3. The average molecular weight is 464 g/mol. The van der Waals surface area contributed by atoms with Crippen LogP contribution in [0.3, 0.4) is 0 Å². The van der Waals surface area contributed by atoms with E-state index in [1.807, 2.05) is 0 Å². The molecule has 0 unspecified atom stereocenters. The summed E-state index contributed by atoms with van der Waals surface area (Å²) in [7, 11) is -0.400. The first-order chi connectivity index (χ1) is 13.8. The lowest BCUT2D eigenvalue weighted by molar-refractivity contribution is 0.0693. The van der Waals surface area contributed by atoms with Crippen LogP contribution in [0.1, 0.15) is 42.5 Å². The first kappa shape index (κ1) is 22.6. The predicted molar refractivity (Wildman–Crippen MR) is 114 cm³/mol. The Labute approximate surface area is 182 Å². The Balaban J connectivity index is 1.64. The van der Waals surface area contributed by atoms with Gasteiger partial charge in [0.2, 0.25) is 0 Å². The van der Waals surface area contributed by atoms with Crippen molar-refractivity contribution < 1.29 is 17.9 Å². The average Bonchev–Trinajstić information content (AvgIpc) is 2.73. The number of carbonyl (C=O) groups excluding carboxylic acids is 1. The Kier molecular flexibility index (Phi) is 7.32. The summed E-state index contributed by atoms with van der Waals surface area (Å²) in [4.78, 5) is 14.5. The van der Waals surface area contributed by atoms with Gasteiger partial charge in [-0.3, -0.25) is 4.79 Å². The number of benzene rings is 1. The zero-order chi connectivity index (χ0) is 21.2. The Hall–Kier alpha value is -1.06. The fourth-order valence-corrected chi connectivity index (χ4v) is 6.22. The summed E-state index contributed by atoms with van der Waals surface area (Å²) in [6.07, 6.45) is 5.13. The van der Waals surface area contributed by atoms with E-state index < -0.39 is 10.2 Å². The standard InChI is InChI=1S/C19H27Cl2N3O4S/c1-22(15-6-4-3-5-7-15)29(26,27)24-10-8-23(9-11-24)19(25)14-12-16(20)18(28-2)17(21)13-14/h12-13,15H,3-11H2,1-2H3. The molecule has 1 amide bonds. The van der Waals surface area contributed by atoms with Crippen LogP contribution in [0, 0.1) is 0 Å². The maximum absolute atomic E-state index is 13.0. The van der Waals surface area contributed by atoms with Gasteiger partial charge in [-0.1, -0.05) is 42.5 Å². The van der Waals surface area contributed by atoms with E-state index in [1.54, 1.807) is 11.9 Å². The molecule has 1 aromatic carbocycles. The number of piperazine rings is 1. The summed E-state index contributed by atoms with van der Waals surface area (Å²) in [6.45, 7) is 1.17. The Morgan fingerprint density at radius 2 is 1.62 bits per heavy atom. The number of carbonyl (C=O) groups is 1. The molecule has 0 radical (unpaired) electrons. The molecule has 0 aromatic heterocycles. The third kappa shape index (κ3) is 4.82. The number of halogens is 2. The lowest BCUT2D eigenvalue weighted by atomic mass is 9.96. The zero-order valence-corrected chi connectivity index (χ0v) is 19.1. The van der Waals surface area contributed by atoms with Crippen molar-refractivity contribution in [2.45, 2.75) is 38.1 Å². The van der Waals surface area contributed by atoms with Crippen molar-refractivity contribution in [3.8, 4) is 5.75 Å². The van der Waals surface area contributed by atoms with Crippen molar-refractivity contribution >= 4 is 39.3 Å². The SMILES string of the molecule is COc1c(Cl)cc(C(=O)N2CCN(S(=O)(=O)N(C)C3CCCCC3)CC2)cc1Cl. The van der Waals surface area contributed by atoms with E-state index in [0.717, 1.165) is 25.7 Å². The van der Waals surface area contributed by atoms with Gasteiger partial charge in [0.05, 0.1) is 17.2 Å². The van der Waals surface area contributed by atoms with Gasteiger partial charge in [0.1, 0.15) is 0 Å². The van der Waals surface area contributed by atoms with E-state index in [9.17, 15) is 13.2 Å². The van der Waals surface area contributed by atoms with E-state index in [2.05, 4.69) is 0 Å². The third-order valence-electron chi connectivity index (χ3n) is 5.75. The number of methoxy groups -OCH3 is 1. The van der Waals surface area contributed by atoms with E-state index >= 15 is 0 Å². The van der Waals surface area contributed by atoms with Gasteiger partial charge in [-0.25, -0.2) is 0 Å². The van der Waals surface area contributed by atoms with Crippen LogP contribution in [0.2, 0.25) is 10.0 Å². The second-order valence-electron chi connectivity index (χ2n) is 7.48. The molecule has 7 nitrogen and oxygen atoms in total. The molecule has 162 valence electrons. The topological polar surface area (TPSA) is 70.2 Å². The summed E-state index contributed by atoms with van der Waals surface area (Å²) >= 11 is 12.3. The molecule has 1 aliphatic carbocycles. The van der Waals surface area contributed by atoms with Crippen LogP contribution in [0.4, 0.5) is 0 Å². The molecular weight excluding hydrogens is 437 g/mol. The van der Waals surface area contributed by atoms with Crippen molar-refractivity contribution in [3.05, 3.63) is 27.7 Å². The van der Waals surface area contributed by atoms with Gasteiger partial charge in [0, 0.05) is 44.8 Å². The molecule has 2 aliphatic rings. The number of hydrogen-bond donors (Lipinski definition) is 0. The second-order valence-corrected chi connectivity index (χ2v) is 10.3. The molecule has 1 saturated carbocycles. The normalized spacial score (nSPS) is 19.6. The van der Waals surface area contributed by atoms with Gasteiger partial charge >= 0.3 is 0 Å². The van der Waals surface area contributed by atoms with Crippen molar-refractivity contribution in [1.29, 1.82) is 0 Å². The molecule has 1 aromatic rings. The molecule has 1 heterocycles. The molecular formula is C19H27Cl2N3O4S. The molecule has 0 bridgehead atoms. The minimum atomic E-state index is -3.53. The first-order valence-corrected chi connectivity index (χ1v) is 12.0. The fraction of sp³-hybridized carbons (Fsp3) is 0.632. The van der Waals surface area contributed by atoms with Crippen molar-refractivity contribution in [3.63, 3.8) is 0 Å². The van der Waals surface area contributed by atoms with Gasteiger partial charge in [-0.15, -0.1) is 0 Å². The highest BCUT2D eigenvalue weighted by Gasteiger charge is 2.35. The lowest BCUT2D eigenvalue weighted by Gasteiger charge is -2.38. The van der Waals surface area contributed by atoms with Gasteiger partial charge < -0.3 is 9.64 Å². The van der Waals surface area contributed by atoms with Gasteiger partial charge in [0.15, 0.2) is 5.75 Å². The summed E-state index contributed by atoms with van der Waals surface area (Å²) in [6, 6.07) is 3.11. The van der Waals surface area contributed by atoms with Gasteiger partial charge in [0.25, 0.3) is 16.1 Å². The molecule has 1 aliphatic heterocycles. The van der Waals surface area contributed by atoms with Crippen LogP contribution in [0.5, 0.6) is 5.75 Å². The second kappa shape index (κ2) is 9.39. The highest BCUT2D eigenvalue weighted by molar-refractivity contribution is 7.86. The summed E-state index contributed by atoms with van der Waals surface area (Å²) < 4.78 is 34.1. The third-order valence-corrected chi connectivity index (χ3v) is 8.36. The Morgan fingerprint density at radius 3 is 2.14 bits per heavy atom. The number of amides is 1. The van der Waals surface area contributed by atoms with Crippen LogP contribution < -0.4 is 4.74 Å². The Morgan fingerprint density at radius 1 is 1.07 bits per heavy atom. The predicted octanol–water partition coefficient (Wildman–Crippen LogP) is 3.27. The lowest BCUT2D eigenvalue weighted by Crippen LogP contribution is -2.55. The highest BCUT2D eigenvalue weighted by atomic mass is 35.5. The van der Waals surface area contributed by atoms with Gasteiger partial charge in [-0.2, -0.15) is 17.0 Å². The quantitative estimate of drug-likeness (QED) is 0.671. The number of hydrogen-bond acceptors (Lipinski definition) is 4. The highest BCUT2D eigenvalue weighted by Crippen LogP contribution is 2.34. The summed E-state index contributed by atoms with van der Waals surface area (Å²) in [5.41, 5.74) is 0.358. The van der Waals surface area contributed by atoms with Crippen molar-refractivity contribution in [1.82, 2.24) is 13.5 Å². The fourth-order valence-electron chi connectivity index (χ4n) is 4.00. The van der Waals surface area contributed by atoms with Crippen LogP contribution in [0.15, 0.2) is 12.1 Å². The van der Waals surface area contributed by atoms with Crippen LogP contribution in [-0.2, 0) is 10.2 Å². The molecule has 0 atom stereocenters. The van der Waals surface area contributed by atoms with E-state index in [1.165, 1.54) is 34.3 Å². The van der Waals surface area contributed by atoms with Gasteiger partial charge in [-0.05, 0) is 25.0 Å². The zero-order valence-electron chi connectivity index (χ0n) is 16.7. The first-order valence-electron chi connectivity index (χ1n) is 9.81.